The van der Waals surface area contributed by atoms with Crippen LogP contribution in [0.1, 0.15) is 25.5 Å². The van der Waals surface area contributed by atoms with E-state index in [-0.39, 0.29) is 24.3 Å². The summed E-state index contributed by atoms with van der Waals surface area (Å²) in [5.41, 5.74) is 8.31. The lowest BCUT2D eigenvalue weighted by molar-refractivity contribution is -0.120. The second kappa shape index (κ2) is 10.4. The van der Waals surface area contributed by atoms with Crippen LogP contribution in [0.3, 0.4) is 0 Å². The predicted molar refractivity (Wildman–Crippen MR) is 108 cm³/mol. The zero-order valence-corrected chi connectivity index (χ0v) is 15.7. The highest BCUT2D eigenvalue weighted by Crippen LogP contribution is 2.22. The number of halogens is 1. The highest BCUT2D eigenvalue weighted by atomic mass is 35.5. The van der Waals surface area contributed by atoms with Crippen LogP contribution >= 0.6 is 12.4 Å². The van der Waals surface area contributed by atoms with Crippen molar-refractivity contribution in [3.05, 3.63) is 60.2 Å². The Morgan fingerprint density at radius 1 is 1.00 bits per heavy atom. The van der Waals surface area contributed by atoms with E-state index in [0.29, 0.717) is 17.9 Å². The maximum atomic E-state index is 12.5. The molecule has 2 aromatic rings. The Hall–Kier alpha value is -2.57. The van der Waals surface area contributed by atoms with Gasteiger partial charge in [-0.1, -0.05) is 43.3 Å². The normalized spacial score (nSPS) is 12.3. The molecule has 5 N–H and O–H groups in total. The molecule has 140 valence electrons. The van der Waals surface area contributed by atoms with Crippen LogP contribution in [0.5, 0.6) is 0 Å². The summed E-state index contributed by atoms with van der Waals surface area (Å²) in [4.78, 5) is 24.0. The quantitative estimate of drug-likeness (QED) is 0.621. The number of nitrogens with one attached hydrogen (secondary N) is 3. The standard InChI is InChI=1S/C19H24N4O2.ClH/c1-3-21-19(25)23-16-11-7-10-15(12-16)22-18(24)13(2)17(20)14-8-5-4-6-9-14;/h4-13,17H,3,20H2,1-2H3,(H,22,24)(H2,21,23,25);1H. The predicted octanol–water partition coefficient (Wildman–Crippen LogP) is 3.52. The number of anilines is 2. The molecule has 0 aliphatic carbocycles. The van der Waals surface area contributed by atoms with Gasteiger partial charge in [0.25, 0.3) is 0 Å². The second-order valence-corrected chi connectivity index (χ2v) is 5.78. The first-order valence-electron chi connectivity index (χ1n) is 8.27. The molecule has 0 aliphatic rings. The molecule has 2 unspecified atom stereocenters. The van der Waals surface area contributed by atoms with Crippen LogP contribution < -0.4 is 21.7 Å². The van der Waals surface area contributed by atoms with E-state index in [2.05, 4.69) is 16.0 Å². The maximum absolute atomic E-state index is 12.5. The summed E-state index contributed by atoms with van der Waals surface area (Å²) < 4.78 is 0. The molecule has 0 saturated heterocycles. The molecule has 7 heteroatoms. The van der Waals surface area contributed by atoms with Gasteiger partial charge in [0.05, 0.1) is 5.92 Å². The second-order valence-electron chi connectivity index (χ2n) is 5.78. The van der Waals surface area contributed by atoms with Crippen LogP contribution in [0.2, 0.25) is 0 Å². The molecule has 0 aliphatic heterocycles. The third kappa shape index (κ3) is 6.06. The Morgan fingerprint density at radius 3 is 2.23 bits per heavy atom. The molecule has 2 aromatic carbocycles. The van der Waals surface area contributed by atoms with Gasteiger partial charge in [0.1, 0.15) is 0 Å². The van der Waals surface area contributed by atoms with Crippen molar-refractivity contribution in [1.29, 1.82) is 0 Å². The lowest BCUT2D eigenvalue weighted by Crippen LogP contribution is -2.30. The van der Waals surface area contributed by atoms with E-state index in [1.54, 1.807) is 31.2 Å². The van der Waals surface area contributed by atoms with Gasteiger partial charge in [-0.2, -0.15) is 0 Å². The van der Waals surface area contributed by atoms with E-state index >= 15 is 0 Å². The van der Waals surface area contributed by atoms with Gasteiger partial charge in [-0.15, -0.1) is 12.4 Å². The van der Waals surface area contributed by atoms with Crippen LogP contribution in [-0.4, -0.2) is 18.5 Å². The van der Waals surface area contributed by atoms with Gasteiger partial charge < -0.3 is 21.7 Å². The topological polar surface area (TPSA) is 96.2 Å². The molecule has 3 amide bonds. The fourth-order valence-corrected chi connectivity index (χ4v) is 2.39. The van der Waals surface area contributed by atoms with Gasteiger partial charge in [-0.05, 0) is 30.7 Å². The number of hydrogen-bond acceptors (Lipinski definition) is 3. The number of hydrogen-bond donors (Lipinski definition) is 4. The maximum Gasteiger partial charge on any atom is 0.319 e. The van der Waals surface area contributed by atoms with Crippen molar-refractivity contribution in [2.24, 2.45) is 11.7 Å². The first kappa shape index (κ1) is 21.5. The van der Waals surface area contributed by atoms with Crippen LogP contribution in [-0.2, 0) is 4.79 Å². The molecule has 2 atom stereocenters. The number of benzene rings is 2. The summed E-state index contributed by atoms with van der Waals surface area (Å²) in [6.45, 7) is 4.18. The Balaban J connectivity index is 0.00000338. The smallest absolute Gasteiger partial charge is 0.319 e. The molecule has 0 spiro atoms. The number of nitrogens with two attached hydrogens (primary N) is 1. The van der Waals surface area contributed by atoms with Crippen LogP contribution in [0.25, 0.3) is 0 Å². The van der Waals surface area contributed by atoms with Crippen LogP contribution in [0.15, 0.2) is 54.6 Å². The SMILES string of the molecule is CCNC(=O)Nc1cccc(NC(=O)C(C)C(N)c2ccccc2)c1.Cl. The van der Waals surface area contributed by atoms with E-state index in [0.717, 1.165) is 5.56 Å². The fraction of sp³-hybridized carbons (Fsp3) is 0.263. The number of amides is 3. The van der Waals surface area contributed by atoms with Gasteiger partial charge in [-0.25, -0.2) is 4.79 Å². The molecule has 0 saturated carbocycles. The third-order valence-electron chi connectivity index (χ3n) is 3.86. The first-order chi connectivity index (χ1) is 12.0. The minimum atomic E-state index is -0.401. The van der Waals surface area contributed by atoms with Gasteiger partial charge >= 0.3 is 6.03 Å². The number of rotatable bonds is 6. The number of urea groups is 1. The summed E-state index contributed by atoms with van der Waals surface area (Å²) >= 11 is 0. The highest BCUT2D eigenvalue weighted by Gasteiger charge is 2.22. The van der Waals surface area contributed by atoms with Gasteiger partial charge in [0, 0.05) is 24.0 Å². The Kier molecular flexibility index (Phi) is 8.61. The molecular weight excluding hydrogens is 352 g/mol. The van der Waals surface area contributed by atoms with E-state index in [4.69, 9.17) is 5.73 Å². The molecule has 0 fully saturated rings. The van der Waals surface area contributed by atoms with Gasteiger partial charge in [0.2, 0.25) is 5.91 Å². The zero-order chi connectivity index (χ0) is 18.2. The van der Waals surface area contributed by atoms with E-state index in [1.807, 2.05) is 37.3 Å². The fourth-order valence-electron chi connectivity index (χ4n) is 2.39. The van der Waals surface area contributed by atoms with Crippen LogP contribution in [0.4, 0.5) is 16.2 Å². The lowest BCUT2D eigenvalue weighted by Gasteiger charge is -2.20. The van der Waals surface area contributed by atoms with Gasteiger partial charge in [-0.3, -0.25) is 4.79 Å². The van der Waals surface area contributed by atoms with Crippen molar-refractivity contribution in [2.45, 2.75) is 19.9 Å². The van der Waals surface area contributed by atoms with Crippen molar-refractivity contribution >= 4 is 35.7 Å². The average Bonchev–Trinajstić information content (AvgIpc) is 2.61. The summed E-state index contributed by atoms with van der Waals surface area (Å²) in [5, 5.41) is 8.21. The minimum absolute atomic E-state index is 0. The summed E-state index contributed by atoms with van der Waals surface area (Å²) in [5.74, 6) is -0.575. The van der Waals surface area contributed by atoms with Crippen molar-refractivity contribution in [1.82, 2.24) is 5.32 Å². The van der Waals surface area contributed by atoms with E-state index in [1.165, 1.54) is 0 Å². The first-order valence-corrected chi connectivity index (χ1v) is 8.27. The van der Waals surface area contributed by atoms with Crippen molar-refractivity contribution in [2.75, 3.05) is 17.2 Å². The van der Waals surface area contributed by atoms with Crippen molar-refractivity contribution < 1.29 is 9.59 Å². The minimum Gasteiger partial charge on any atom is -0.338 e. The Labute approximate surface area is 160 Å². The largest absolute Gasteiger partial charge is 0.338 e. The Bertz CT molecular complexity index is 724. The number of carbonyl (C=O) groups is 2. The zero-order valence-electron chi connectivity index (χ0n) is 14.9. The molecule has 26 heavy (non-hydrogen) atoms. The van der Waals surface area contributed by atoms with E-state index < -0.39 is 12.0 Å². The summed E-state index contributed by atoms with van der Waals surface area (Å²) in [7, 11) is 0. The lowest BCUT2D eigenvalue weighted by atomic mass is 9.94. The molecule has 0 heterocycles. The molecule has 0 aromatic heterocycles. The molecule has 6 nitrogen and oxygen atoms in total. The highest BCUT2D eigenvalue weighted by molar-refractivity contribution is 5.94. The van der Waals surface area contributed by atoms with Crippen LogP contribution in [0, 0.1) is 5.92 Å². The molecule has 0 bridgehead atoms. The summed E-state index contributed by atoms with van der Waals surface area (Å²) in [6, 6.07) is 15.8. The van der Waals surface area contributed by atoms with Gasteiger partial charge in [0.15, 0.2) is 0 Å². The molecular formula is C19H25ClN4O2. The van der Waals surface area contributed by atoms with Crippen molar-refractivity contribution in [3.63, 3.8) is 0 Å². The molecule has 0 radical (unpaired) electrons. The molecule has 2 rings (SSSR count). The van der Waals surface area contributed by atoms with Crippen molar-refractivity contribution in [3.8, 4) is 0 Å². The monoisotopic (exact) mass is 376 g/mol. The summed E-state index contributed by atoms with van der Waals surface area (Å²) in [6.07, 6.45) is 0. The average molecular weight is 377 g/mol. The third-order valence-corrected chi connectivity index (χ3v) is 3.86. The Morgan fingerprint density at radius 2 is 1.62 bits per heavy atom. The van der Waals surface area contributed by atoms with E-state index in [9.17, 15) is 9.59 Å². The number of carbonyl (C=O) groups excluding carboxylic acids is 2.